The van der Waals surface area contributed by atoms with Crippen molar-refractivity contribution < 1.29 is 9.47 Å². The summed E-state index contributed by atoms with van der Waals surface area (Å²) in [7, 11) is 0. The Hall–Kier alpha value is -5.22. The fourth-order valence-corrected chi connectivity index (χ4v) is 5.66. The molecule has 0 aromatic heterocycles. The molecule has 6 rings (SSSR count). The third kappa shape index (κ3) is 7.66. The highest BCUT2D eigenvalue weighted by Gasteiger charge is 2.19. The molecule has 0 aliphatic heterocycles. The number of rotatable bonds is 11. The van der Waals surface area contributed by atoms with Crippen molar-refractivity contribution in [1.29, 1.82) is 0 Å². The van der Waals surface area contributed by atoms with Gasteiger partial charge >= 0.3 is 0 Å². The Morgan fingerprint density at radius 2 is 0.978 bits per heavy atom. The molecule has 0 heterocycles. The van der Waals surface area contributed by atoms with Crippen LogP contribution in [0.2, 0.25) is 0 Å². The summed E-state index contributed by atoms with van der Waals surface area (Å²) >= 11 is 0. The van der Waals surface area contributed by atoms with E-state index in [9.17, 15) is 0 Å². The Morgan fingerprint density at radius 3 is 1.47 bits per heavy atom. The molecule has 5 aromatic rings. The zero-order chi connectivity index (χ0) is 31.0. The molecule has 0 saturated carbocycles. The summed E-state index contributed by atoms with van der Waals surface area (Å²) in [6, 6.07) is 46.1. The van der Waals surface area contributed by atoms with Gasteiger partial charge in [0.2, 0.25) is 0 Å². The Bertz CT molecular complexity index is 1710. The molecule has 0 radical (unpaired) electrons. The first-order valence-corrected chi connectivity index (χ1v) is 15.6. The summed E-state index contributed by atoms with van der Waals surface area (Å²) in [5.41, 5.74) is 7.00. The maximum absolute atomic E-state index is 6.35. The molecule has 45 heavy (non-hydrogen) atoms. The van der Waals surface area contributed by atoms with Crippen molar-refractivity contribution in [3.8, 4) is 17.2 Å². The van der Waals surface area contributed by atoms with E-state index in [1.807, 2.05) is 24.3 Å². The number of para-hydroxylation sites is 2. The minimum absolute atomic E-state index is 0.0397. The van der Waals surface area contributed by atoms with Crippen LogP contribution in [0.4, 0.5) is 22.7 Å². The van der Waals surface area contributed by atoms with Crippen molar-refractivity contribution in [1.82, 2.24) is 0 Å². The van der Waals surface area contributed by atoms with Crippen molar-refractivity contribution in [2.75, 3.05) is 22.9 Å². The van der Waals surface area contributed by atoms with Crippen LogP contribution in [0.1, 0.15) is 19.4 Å². The summed E-state index contributed by atoms with van der Waals surface area (Å²) in [4.78, 5) is 4.72. The standard InChI is InChI=1S/C41H40N2O2/c1-31-14-21-38(22-15-31)44-39-23-17-36(18-24-39)42(34-10-6-4-7-11-34)28-29-43(35-12-8-5-9-13-35)37-19-25-40(26-20-37)45-41-27-16-32(2)30-33(41)3/h4-27,30,33,41H,28-29H2,1-3H3. The van der Waals surface area contributed by atoms with Gasteiger partial charge in [0.05, 0.1) is 0 Å². The first-order valence-electron chi connectivity index (χ1n) is 15.6. The van der Waals surface area contributed by atoms with Gasteiger partial charge in [0.25, 0.3) is 0 Å². The molecule has 5 aromatic carbocycles. The van der Waals surface area contributed by atoms with Gasteiger partial charge in [-0.05, 0) is 105 Å². The summed E-state index contributed by atoms with van der Waals surface area (Å²) in [6.45, 7) is 7.95. The Balaban J connectivity index is 1.22. The number of hydrogen-bond donors (Lipinski definition) is 0. The summed E-state index contributed by atoms with van der Waals surface area (Å²) < 4.78 is 12.5. The molecule has 226 valence electrons. The highest BCUT2D eigenvalue weighted by atomic mass is 16.5. The molecule has 0 N–H and O–H groups in total. The van der Waals surface area contributed by atoms with Gasteiger partial charge in [-0.2, -0.15) is 0 Å². The van der Waals surface area contributed by atoms with Gasteiger partial charge < -0.3 is 19.3 Å². The molecule has 0 saturated heterocycles. The van der Waals surface area contributed by atoms with Crippen LogP contribution in [0.5, 0.6) is 17.2 Å². The normalized spacial score (nSPS) is 15.7. The quantitative estimate of drug-likeness (QED) is 0.152. The van der Waals surface area contributed by atoms with Crippen molar-refractivity contribution in [3.05, 3.63) is 163 Å². The van der Waals surface area contributed by atoms with Crippen molar-refractivity contribution in [2.45, 2.75) is 26.9 Å². The second kappa shape index (κ2) is 14.0. The van der Waals surface area contributed by atoms with Gasteiger partial charge in [-0.15, -0.1) is 0 Å². The van der Waals surface area contributed by atoms with E-state index in [0.29, 0.717) is 5.92 Å². The number of nitrogens with zero attached hydrogens (tertiary/aromatic N) is 2. The summed E-state index contributed by atoms with van der Waals surface area (Å²) in [5, 5.41) is 0. The molecule has 4 nitrogen and oxygen atoms in total. The largest absolute Gasteiger partial charge is 0.486 e. The molecule has 2 unspecified atom stereocenters. The number of allylic oxidation sites excluding steroid dienone is 2. The van der Waals surface area contributed by atoms with E-state index >= 15 is 0 Å². The molecule has 1 aliphatic carbocycles. The minimum atomic E-state index is 0.0397. The minimum Gasteiger partial charge on any atom is -0.486 e. The lowest BCUT2D eigenvalue weighted by atomic mass is 9.96. The lowest BCUT2D eigenvalue weighted by Gasteiger charge is -2.31. The fourth-order valence-electron chi connectivity index (χ4n) is 5.66. The van der Waals surface area contributed by atoms with E-state index in [2.05, 4.69) is 158 Å². The Kier molecular flexibility index (Phi) is 9.31. The lowest BCUT2D eigenvalue weighted by Crippen LogP contribution is -2.30. The molecular weight excluding hydrogens is 552 g/mol. The van der Waals surface area contributed by atoms with Crippen LogP contribution in [-0.4, -0.2) is 19.2 Å². The Morgan fingerprint density at radius 1 is 0.533 bits per heavy atom. The smallest absolute Gasteiger partial charge is 0.127 e. The first-order chi connectivity index (χ1) is 22.0. The van der Waals surface area contributed by atoms with Crippen LogP contribution in [0.15, 0.2) is 157 Å². The highest BCUT2D eigenvalue weighted by molar-refractivity contribution is 5.67. The first kappa shape index (κ1) is 29.8. The van der Waals surface area contributed by atoms with E-state index in [-0.39, 0.29) is 6.10 Å². The maximum atomic E-state index is 6.35. The number of ether oxygens (including phenoxy) is 2. The summed E-state index contributed by atoms with van der Waals surface area (Å²) in [5.74, 6) is 2.86. The lowest BCUT2D eigenvalue weighted by molar-refractivity contribution is 0.209. The van der Waals surface area contributed by atoms with E-state index in [4.69, 9.17) is 9.47 Å². The summed E-state index contributed by atoms with van der Waals surface area (Å²) in [6.07, 6.45) is 6.60. The van der Waals surface area contributed by atoms with Gasteiger partial charge in [0.1, 0.15) is 23.4 Å². The van der Waals surface area contributed by atoms with Gasteiger partial charge in [0.15, 0.2) is 0 Å². The maximum Gasteiger partial charge on any atom is 0.127 e. The van der Waals surface area contributed by atoms with Crippen LogP contribution < -0.4 is 19.3 Å². The van der Waals surface area contributed by atoms with Crippen LogP contribution in [0, 0.1) is 12.8 Å². The highest BCUT2D eigenvalue weighted by Crippen LogP contribution is 2.32. The van der Waals surface area contributed by atoms with Gasteiger partial charge in [0, 0.05) is 41.8 Å². The fraction of sp³-hybridized carbons (Fsp3) is 0.171. The molecule has 0 bridgehead atoms. The van der Waals surface area contributed by atoms with Crippen LogP contribution in [0.3, 0.4) is 0 Å². The van der Waals surface area contributed by atoms with E-state index in [1.54, 1.807) is 0 Å². The van der Waals surface area contributed by atoms with Gasteiger partial charge in [-0.1, -0.05) is 78.7 Å². The molecule has 2 atom stereocenters. The number of aryl methyl sites for hydroxylation is 1. The molecule has 4 heteroatoms. The van der Waals surface area contributed by atoms with Crippen LogP contribution in [-0.2, 0) is 0 Å². The number of hydrogen-bond acceptors (Lipinski definition) is 4. The zero-order valence-electron chi connectivity index (χ0n) is 26.2. The third-order valence-corrected chi connectivity index (χ3v) is 8.10. The van der Waals surface area contributed by atoms with Crippen LogP contribution in [0.25, 0.3) is 0 Å². The second-order valence-electron chi connectivity index (χ2n) is 11.6. The monoisotopic (exact) mass is 592 g/mol. The second-order valence-corrected chi connectivity index (χ2v) is 11.6. The predicted octanol–water partition coefficient (Wildman–Crippen LogP) is 10.7. The molecule has 0 amide bonds. The van der Waals surface area contributed by atoms with E-state index in [0.717, 1.165) is 53.1 Å². The molecule has 1 aliphatic rings. The topological polar surface area (TPSA) is 24.9 Å². The SMILES string of the molecule is CC1=CC(C)C(Oc2ccc(N(CCN(c3ccccc3)c3ccc(Oc4ccc(C)cc4)cc3)c3ccccc3)cc2)C=C1. The Labute approximate surface area is 267 Å². The van der Waals surface area contributed by atoms with Crippen molar-refractivity contribution in [2.24, 2.45) is 5.92 Å². The van der Waals surface area contributed by atoms with E-state index in [1.165, 1.54) is 11.1 Å². The van der Waals surface area contributed by atoms with Gasteiger partial charge in [-0.25, -0.2) is 0 Å². The van der Waals surface area contributed by atoms with E-state index < -0.39 is 0 Å². The average Bonchev–Trinajstić information content (AvgIpc) is 3.07. The van der Waals surface area contributed by atoms with Crippen LogP contribution >= 0.6 is 0 Å². The van der Waals surface area contributed by atoms with Gasteiger partial charge in [-0.3, -0.25) is 0 Å². The predicted molar refractivity (Wildman–Crippen MR) is 188 cm³/mol. The average molecular weight is 593 g/mol. The molecule has 0 spiro atoms. The number of benzene rings is 5. The van der Waals surface area contributed by atoms with Crippen molar-refractivity contribution >= 4 is 22.7 Å². The number of anilines is 4. The van der Waals surface area contributed by atoms with Crippen molar-refractivity contribution in [3.63, 3.8) is 0 Å². The third-order valence-electron chi connectivity index (χ3n) is 8.10. The zero-order valence-corrected chi connectivity index (χ0v) is 26.2. The molecular formula is C41H40N2O2. The molecule has 0 fully saturated rings.